The Morgan fingerprint density at radius 3 is 2.74 bits per heavy atom. The maximum absolute atomic E-state index is 11.0. The number of tetrazole rings is 1. The van der Waals surface area contributed by atoms with Crippen molar-refractivity contribution in [2.24, 2.45) is 0 Å². The first-order valence-corrected chi connectivity index (χ1v) is 7.42. The van der Waals surface area contributed by atoms with Gasteiger partial charge in [-0.15, -0.1) is 15.0 Å². The van der Waals surface area contributed by atoms with Crippen molar-refractivity contribution < 1.29 is 12.6 Å². The molecule has 0 aliphatic rings. The second-order valence-corrected chi connectivity index (χ2v) is 5.82. The monoisotopic (exact) mass is 282 g/mol. The van der Waals surface area contributed by atoms with Crippen molar-refractivity contribution in [3.8, 4) is 5.69 Å². The van der Waals surface area contributed by atoms with Crippen molar-refractivity contribution in [2.75, 3.05) is 6.26 Å². The van der Waals surface area contributed by atoms with Gasteiger partial charge < -0.3 is 0 Å². The second kappa shape index (κ2) is 5.06. The Kier molecular flexibility index (Phi) is 3.63. The van der Waals surface area contributed by atoms with Crippen molar-refractivity contribution in [2.45, 2.75) is 20.0 Å². The van der Waals surface area contributed by atoms with Gasteiger partial charge in [-0.1, -0.05) is 12.1 Å². The zero-order valence-corrected chi connectivity index (χ0v) is 11.6. The third kappa shape index (κ3) is 3.58. The molecule has 1 atom stereocenters. The average molecular weight is 282 g/mol. The van der Waals surface area contributed by atoms with Crippen LogP contribution in [0.1, 0.15) is 24.4 Å². The Morgan fingerprint density at radius 1 is 1.37 bits per heavy atom. The maximum atomic E-state index is 11.0. The molecule has 2 rings (SSSR count). The van der Waals surface area contributed by atoms with E-state index in [0.29, 0.717) is 0 Å². The van der Waals surface area contributed by atoms with Crippen LogP contribution in [-0.4, -0.2) is 34.9 Å². The third-order valence-electron chi connectivity index (χ3n) is 2.34. The summed E-state index contributed by atoms with van der Waals surface area (Å²) in [7, 11) is -3.55. The highest BCUT2D eigenvalue weighted by atomic mass is 32.2. The highest BCUT2D eigenvalue weighted by Gasteiger charge is 2.18. The molecule has 8 heteroatoms. The molecule has 0 aliphatic carbocycles. The van der Waals surface area contributed by atoms with Crippen LogP contribution in [0.4, 0.5) is 0 Å². The Balaban J connectivity index is 2.24. The fraction of sp³-hybridized carbons (Fsp3) is 0.364. The average Bonchev–Trinajstić information content (AvgIpc) is 2.75. The van der Waals surface area contributed by atoms with Crippen LogP contribution in [0.25, 0.3) is 5.69 Å². The fourth-order valence-corrected chi connectivity index (χ4v) is 2.17. The molecule has 19 heavy (non-hydrogen) atoms. The summed E-state index contributed by atoms with van der Waals surface area (Å²) >= 11 is 0. The summed E-state index contributed by atoms with van der Waals surface area (Å²) in [6, 6.07) is 7.56. The molecule has 0 saturated heterocycles. The van der Waals surface area contributed by atoms with Gasteiger partial charge in [0.1, 0.15) is 6.10 Å². The Morgan fingerprint density at radius 2 is 2.11 bits per heavy atom. The van der Waals surface area contributed by atoms with Gasteiger partial charge in [0, 0.05) is 0 Å². The smallest absolute Gasteiger partial charge is 0.259 e. The lowest BCUT2D eigenvalue weighted by molar-refractivity contribution is 0.226. The highest BCUT2D eigenvalue weighted by molar-refractivity contribution is 7.86. The summed E-state index contributed by atoms with van der Waals surface area (Å²) < 4.78 is 26.9. The Labute approximate surface area is 111 Å². The SMILES string of the molecule is Cc1cccc(-n2nnc(C(C)OS(C)(=O)=O)n2)c1. The van der Waals surface area contributed by atoms with Crippen LogP contribution >= 0.6 is 0 Å². The molecule has 0 bridgehead atoms. The molecule has 1 heterocycles. The molecular weight excluding hydrogens is 268 g/mol. The molecule has 7 nitrogen and oxygen atoms in total. The number of nitrogens with zero attached hydrogens (tertiary/aromatic N) is 4. The van der Waals surface area contributed by atoms with Crippen LogP contribution in [0.3, 0.4) is 0 Å². The predicted octanol–water partition coefficient (Wildman–Crippen LogP) is 1.01. The lowest BCUT2D eigenvalue weighted by atomic mass is 10.2. The van der Waals surface area contributed by atoms with E-state index < -0.39 is 16.2 Å². The molecule has 1 aromatic carbocycles. The van der Waals surface area contributed by atoms with Crippen molar-refractivity contribution in [3.05, 3.63) is 35.7 Å². The first-order chi connectivity index (χ1) is 8.85. The third-order valence-corrected chi connectivity index (χ3v) is 2.98. The van der Waals surface area contributed by atoms with E-state index in [1.54, 1.807) is 6.92 Å². The van der Waals surface area contributed by atoms with Gasteiger partial charge in [0.15, 0.2) is 0 Å². The summed E-state index contributed by atoms with van der Waals surface area (Å²) in [4.78, 5) is 1.34. The Hall–Kier alpha value is -1.80. The van der Waals surface area contributed by atoms with Gasteiger partial charge in [-0.05, 0) is 36.8 Å². The van der Waals surface area contributed by atoms with Crippen LogP contribution in [0.2, 0.25) is 0 Å². The molecule has 0 fully saturated rings. The number of aromatic nitrogens is 4. The van der Waals surface area contributed by atoms with Crippen LogP contribution in [0, 0.1) is 6.92 Å². The van der Waals surface area contributed by atoms with Crippen molar-refractivity contribution in [1.29, 1.82) is 0 Å². The van der Waals surface area contributed by atoms with Crippen molar-refractivity contribution in [3.63, 3.8) is 0 Å². The van der Waals surface area contributed by atoms with Gasteiger partial charge in [-0.3, -0.25) is 4.18 Å². The van der Waals surface area contributed by atoms with E-state index >= 15 is 0 Å². The van der Waals surface area contributed by atoms with Gasteiger partial charge >= 0.3 is 0 Å². The zero-order chi connectivity index (χ0) is 14.0. The van der Waals surface area contributed by atoms with Crippen molar-refractivity contribution >= 4 is 10.1 Å². The molecule has 102 valence electrons. The number of aryl methyl sites for hydroxylation is 1. The first kappa shape index (κ1) is 13.6. The lowest BCUT2D eigenvalue weighted by Crippen LogP contribution is -2.09. The van der Waals surface area contributed by atoms with Gasteiger partial charge in [-0.2, -0.15) is 8.42 Å². The minimum absolute atomic E-state index is 0.215. The quantitative estimate of drug-likeness (QED) is 0.778. The highest BCUT2D eigenvalue weighted by Crippen LogP contribution is 2.14. The number of benzene rings is 1. The standard InChI is InChI=1S/C11H14N4O3S/c1-8-5-4-6-10(7-8)15-13-11(12-14-15)9(2)18-19(3,16)17/h4-7,9H,1-3H3. The van der Waals surface area contributed by atoms with E-state index in [0.717, 1.165) is 17.5 Å². The zero-order valence-electron chi connectivity index (χ0n) is 10.8. The molecule has 1 aromatic heterocycles. The summed E-state index contributed by atoms with van der Waals surface area (Å²) in [5, 5.41) is 11.8. The van der Waals surface area contributed by atoms with E-state index in [1.807, 2.05) is 31.2 Å². The van der Waals surface area contributed by atoms with Gasteiger partial charge in [0.25, 0.3) is 10.1 Å². The molecule has 1 unspecified atom stereocenters. The van der Waals surface area contributed by atoms with E-state index in [1.165, 1.54) is 4.80 Å². The van der Waals surface area contributed by atoms with Crippen LogP contribution in [0.15, 0.2) is 24.3 Å². The van der Waals surface area contributed by atoms with E-state index in [2.05, 4.69) is 15.4 Å². The van der Waals surface area contributed by atoms with Crippen molar-refractivity contribution in [1.82, 2.24) is 20.2 Å². The van der Waals surface area contributed by atoms with E-state index in [-0.39, 0.29) is 5.82 Å². The lowest BCUT2D eigenvalue weighted by Gasteiger charge is -2.05. The molecule has 0 spiro atoms. The van der Waals surface area contributed by atoms with Gasteiger partial charge in [0.2, 0.25) is 5.82 Å². The predicted molar refractivity (Wildman–Crippen MR) is 68.2 cm³/mol. The number of hydrogen-bond donors (Lipinski definition) is 0. The van der Waals surface area contributed by atoms with Crippen LogP contribution in [-0.2, 0) is 14.3 Å². The summed E-state index contributed by atoms with van der Waals surface area (Å²) in [6.45, 7) is 3.51. The summed E-state index contributed by atoms with van der Waals surface area (Å²) in [5.41, 5.74) is 1.82. The fourth-order valence-electron chi connectivity index (χ4n) is 1.55. The largest absolute Gasteiger partial charge is 0.265 e. The normalized spacial score (nSPS) is 13.4. The van der Waals surface area contributed by atoms with Crippen LogP contribution in [0.5, 0.6) is 0 Å². The van der Waals surface area contributed by atoms with E-state index in [9.17, 15) is 8.42 Å². The Bertz CT molecular complexity index is 681. The first-order valence-electron chi connectivity index (χ1n) is 5.60. The minimum Gasteiger partial charge on any atom is -0.259 e. The molecule has 0 saturated carbocycles. The number of hydrogen-bond acceptors (Lipinski definition) is 6. The molecule has 0 aliphatic heterocycles. The van der Waals surface area contributed by atoms with Gasteiger partial charge in [0.05, 0.1) is 11.9 Å². The summed E-state index contributed by atoms with van der Waals surface area (Å²) in [6.07, 6.45) is 0.211. The second-order valence-electron chi connectivity index (χ2n) is 4.22. The van der Waals surface area contributed by atoms with Gasteiger partial charge in [-0.25, -0.2) is 0 Å². The van der Waals surface area contributed by atoms with E-state index in [4.69, 9.17) is 4.18 Å². The molecule has 0 amide bonds. The molecule has 0 radical (unpaired) electrons. The van der Waals surface area contributed by atoms with Crippen LogP contribution < -0.4 is 0 Å². The minimum atomic E-state index is -3.55. The molecular formula is C11H14N4O3S. The topological polar surface area (TPSA) is 87.0 Å². The molecule has 2 aromatic rings. The number of rotatable bonds is 4. The molecule has 0 N–H and O–H groups in total. The maximum Gasteiger partial charge on any atom is 0.265 e. The summed E-state index contributed by atoms with van der Waals surface area (Å²) in [5.74, 6) is 0.215.